The van der Waals surface area contributed by atoms with Crippen LogP contribution in [0.1, 0.15) is 6.92 Å². The minimum Gasteiger partial charge on any atom is -0.481 e. The van der Waals surface area contributed by atoms with Crippen LogP contribution in [0.2, 0.25) is 0 Å². The molecular formula is C9H11NO3S. The third kappa shape index (κ3) is 3.66. The molecule has 4 nitrogen and oxygen atoms in total. The van der Waals surface area contributed by atoms with Crippen LogP contribution in [0.4, 0.5) is 0 Å². The second kappa shape index (κ2) is 5.49. The molecule has 0 aromatic carbocycles. The summed E-state index contributed by atoms with van der Waals surface area (Å²) in [4.78, 5) is 14.4. The molecule has 0 saturated carbocycles. The zero-order valence-electron chi connectivity index (χ0n) is 7.77. The molecule has 5 heteroatoms. The molecule has 0 radical (unpaired) electrons. The van der Waals surface area contributed by atoms with Gasteiger partial charge in [-0.2, -0.15) is 0 Å². The van der Waals surface area contributed by atoms with Crippen LogP contribution in [0, 0.1) is 0 Å². The third-order valence-electron chi connectivity index (χ3n) is 1.33. The molecule has 14 heavy (non-hydrogen) atoms. The SMILES string of the molecule is CCOc1cccc(SCC(=O)O)n1. The van der Waals surface area contributed by atoms with E-state index in [1.54, 1.807) is 18.2 Å². The van der Waals surface area contributed by atoms with Crippen molar-refractivity contribution in [2.75, 3.05) is 12.4 Å². The molecule has 1 aromatic rings. The van der Waals surface area contributed by atoms with Crippen molar-refractivity contribution >= 4 is 17.7 Å². The molecule has 1 heterocycles. The Bertz CT molecular complexity index is 317. The van der Waals surface area contributed by atoms with E-state index in [-0.39, 0.29) is 5.75 Å². The average molecular weight is 213 g/mol. The lowest BCUT2D eigenvalue weighted by atomic mass is 10.5. The van der Waals surface area contributed by atoms with Crippen molar-refractivity contribution in [1.82, 2.24) is 4.98 Å². The summed E-state index contributed by atoms with van der Waals surface area (Å²) in [5.74, 6) is -0.302. The summed E-state index contributed by atoms with van der Waals surface area (Å²) in [7, 11) is 0. The van der Waals surface area contributed by atoms with Crippen LogP contribution < -0.4 is 4.74 Å². The van der Waals surface area contributed by atoms with E-state index in [1.807, 2.05) is 6.92 Å². The number of nitrogens with zero attached hydrogens (tertiary/aromatic N) is 1. The summed E-state index contributed by atoms with van der Waals surface area (Å²) in [6.45, 7) is 2.43. The molecule has 1 aromatic heterocycles. The van der Waals surface area contributed by atoms with Gasteiger partial charge >= 0.3 is 5.97 Å². The van der Waals surface area contributed by atoms with E-state index in [0.29, 0.717) is 17.5 Å². The van der Waals surface area contributed by atoms with Crippen LogP contribution in [0.15, 0.2) is 23.2 Å². The van der Waals surface area contributed by atoms with Crippen molar-refractivity contribution < 1.29 is 14.6 Å². The number of aromatic nitrogens is 1. The fourth-order valence-electron chi connectivity index (χ4n) is 0.840. The van der Waals surface area contributed by atoms with E-state index in [4.69, 9.17) is 9.84 Å². The zero-order valence-corrected chi connectivity index (χ0v) is 8.58. The highest BCUT2D eigenvalue weighted by molar-refractivity contribution is 7.99. The van der Waals surface area contributed by atoms with Crippen LogP contribution in [0.5, 0.6) is 5.88 Å². The van der Waals surface area contributed by atoms with Crippen LogP contribution in [0.3, 0.4) is 0 Å². The molecule has 0 aliphatic rings. The van der Waals surface area contributed by atoms with E-state index in [2.05, 4.69) is 4.98 Å². The number of hydrogen-bond donors (Lipinski definition) is 1. The highest BCUT2D eigenvalue weighted by atomic mass is 32.2. The van der Waals surface area contributed by atoms with Gasteiger partial charge in [-0.05, 0) is 13.0 Å². The second-order valence-corrected chi connectivity index (χ2v) is 3.43. The van der Waals surface area contributed by atoms with Crippen LogP contribution in [-0.2, 0) is 4.79 Å². The van der Waals surface area contributed by atoms with E-state index < -0.39 is 5.97 Å². The topological polar surface area (TPSA) is 59.4 Å². The van der Waals surface area contributed by atoms with Gasteiger partial charge in [-0.3, -0.25) is 4.79 Å². The van der Waals surface area contributed by atoms with Crippen LogP contribution in [0.25, 0.3) is 0 Å². The lowest BCUT2D eigenvalue weighted by Crippen LogP contribution is -1.99. The molecule has 0 fully saturated rings. The minimum atomic E-state index is -0.849. The molecule has 0 saturated heterocycles. The number of carboxylic acid groups (broad SMARTS) is 1. The number of rotatable bonds is 5. The molecule has 1 rings (SSSR count). The molecule has 0 atom stereocenters. The molecule has 0 amide bonds. The first kappa shape index (κ1) is 10.8. The zero-order chi connectivity index (χ0) is 10.4. The lowest BCUT2D eigenvalue weighted by Gasteiger charge is -2.03. The molecular weight excluding hydrogens is 202 g/mol. The van der Waals surface area contributed by atoms with Gasteiger partial charge in [-0.25, -0.2) is 4.98 Å². The quantitative estimate of drug-likeness (QED) is 0.754. The third-order valence-corrected chi connectivity index (χ3v) is 2.25. The Morgan fingerprint density at radius 2 is 2.43 bits per heavy atom. The highest BCUT2D eigenvalue weighted by Gasteiger charge is 2.02. The van der Waals surface area contributed by atoms with Gasteiger partial charge in [-0.15, -0.1) is 0 Å². The summed E-state index contributed by atoms with van der Waals surface area (Å²) in [5.41, 5.74) is 0. The van der Waals surface area contributed by atoms with Crippen molar-refractivity contribution in [3.05, 3.63) is 18.2 Å². The second-order valence-electron chi connectivity index (χ2n) is 2.43. The van der Waals surface area contributed by atoms with Gasteiger partial charge in [0.25, 0.3) is 0 Å². The number of aliphatic carboxylic acids is 1. The van der Waals surface area contributed by atoms with Gasteiger partial charge < -0.3 is 9.84 Å². The monoisotopic (exact) mass is 213 g/mol. The standard InChI is InChI=1S/C9H11NO3S/c1-2-13-7-4-3-5-8(10-7)14-6-9(11)12/h3-5H,2,6H2,1H3,(H,11,12). The van der Waals surface area contributed by atoms with Crippen molar-refractivity contribution in [3.63, 3.8) is 0 Å². The van der Waals surface area contributed by atoms with Crippen molar-refractivity contribution in [3.8, 4) is 5.88 Å². The largest absolute Gasteiger partial charge is 0.481 e. The predicted octanol–water partition coefficient (Wildman–Crippen LogP) is 1.66. The summed E-state index contributed by atoms with van der Waals surface area (Å²) in [6.07, 6.45) is 0. The minimum absolute atomic E-state index is 0.0164. The van der Waals surface area contributed by atoms with Crippen molar-refractivity contribution in [2.45, 2.75) is 11.9 Å². The maximum absolute atomic E-state index is 10.3. The molecule has 1 N–H and O–H groups in total. The Labute approximate surface area is 86.3 Å². The van der Waals surface area contributed by atoms with Crippen molar-refractivity contribution in [2.24, 2.45) is 0 Å². The smallest absolute Gasteiger partial charge is 0.313 e. The van der Waals surface area contributed by atoms with E-state index >= 15 is 0 Å². The first-order valence-corrected chi connectivity index (χ1v) is 5.15. The molecule has 0 bridgehead atoms. The maximum Gasteiger partial charge on any atom is 0.313 e. The summed E-state index contributed by atoms with van der Waals surface area (Å²) < 4.78 is 5.18. The summed E-state index contributed by atoms with van der Waals surface area (Å²) in [5, 5.41) is 9.13. The number of thioether (sulfide) groups is 1. The highest BCUT2D eigenvalue weighted by Crippen LogP contribution is 2.17. The fourth-order valence-corrected chi connectivity index (χ4v) is 1.44. The van der Waals surface area contributed by atoms with E-state index in [9.17, 15) is 4.79 Å². The Kier molecular flexibility index (Phi) is 4.25. The van der Waals surface area contributed by atoms with Crippen LogP contribution in [-0.4, -0.2) is 28.4 Å². The van der Waals surface area contributed by atoms with Crippen molar-refractivity contribution in [1.29, 1.82) is 0 Å². The van der Waals surface area contributed by atoms with Gasteiger partial charge in [0.15, 0.2) is 0 Å². The molecule has 76 valence electrons. The normalized spacial score (nSPS) is 9.79. The molecule has 0 unspecified atom stereocenters. The van der Waals surface area contributed by atoms with Crippen LogP contribution >= 0.6 is 11.8 Å². The first-order chi connectivity index (χ1) is 6.72. The number of pyridine rings is 1. The predicted molar refractivity (Wildman–Crippen MR) is 53.8 cm³/mol. The van der Waals surface area contributed by atoms with Gasteiger partial charge in [0, 0.05) is 6.07 Å². The fraction of sp³-hybridized carbons (Fsp3) is 0.333. The summed E-state index contributed by atoms with van der Waals surface area (Å²) in [6, 6.07) is 5.30. The average Bonchev–Trinajstić information content (AvgIpc) is 2.16. The molecule has 0 aliphatic heterocycles. The molecule has 0 aliphatic carbocycles. The van der Waals surface area contributed by atoms with Gasteiger partial charge in [-0.1, -0.05) is 17.8 Å². The Morgan fingerprint density at radius 3 is 3.07 bits per heavy atom. The lowest BCUT2D eigenvalue weighted by molar-refractivity contribution is -0.133. The number of carbonyl (C=O) groups is 1. The Morgan fingerprint density at radius 1 is 1.64 bits per heavy atom. The van der Waals surface area contributed by atoms with E-state index in [1.165, 1.54) is 11.8 Å². The Balaban J connectivity index is 2.58. The number of hydrogen-bond acceptors (Lipinski definition) is 4. The summed E-state index contributed by atoms with van der Waals surface area (Å²) >= 11 is 1.18. The molecule has 0 spiro atoms. The first-order valence-electron chi connectivity index (χ1n) is 4.17. The number of carboxylic acids is 1. The Hall–Kier alpha value is -1.23. The number of ether oxygens (including phenoxy) is 1. The maximum atomic E-state index is 10.3. The van der Waals surface area contributed by atoms with Gasteiger partial charge in [0.2, 0.25) is 5.88 Å². The van der Waals surface area contributed by atoms with E-state index in [0.717, 1.165) is 0 Å². The van der Waals surface area contributed by atoms with Gasteiger partial charge in [0.05, 0.1) is 12.4 Å². The van der Waals surface area contributed by atoms with Gasteiger partial charge in [0.1, 0.15) is 5.03 Å².